The molecule has 0 bridgehead atoms. The topological polar surface area (TPSA) is 9.23 Å². The van der Waals surface area contributed by atoms with Crippen LogP contribution in [0.1, 0.15) is 29.7 Å². The van der Waals surface area contributed by atoms with Crippen molar-refractivity contribution in [2.75, 3.05) is 7.11 Å². The number of benzene rings is 1. The summed E-state index contributed by atoms with van der Waals surface area (Å²) in [6, 6.07) is 6.33. The Labute approximate surface area is 74.4 Å². The van der Waals surface area contributed by atoms with Gasteiger partial charge in [0.05, 0.1) is 6.10 Å². The summed E-state index contributed by atoms with van der Waals surface area (Å²) < 4.78 is 5.30. The lowest BCUT2D eigenvalue weighted by Crippen LogP contribution is -2.01. The molecule has 1 aromatic rings. The summed E-state index contributed by atoms with van der Waals surface area (Å²) in [6.45, 7) is 6.32. The molecule has 0 aromatic heterocycles. The molecule has 0 aliphatic rings. The van der Waals surface area contributed by atoms with Gasteiger partial charge in [-0.05, 0) is 37.5 Å². The normalized spacial score (nSPS) is 13.0. The first-order valence-corrected chi connectivity index (χ1v) is 4.25. The second-order valence-corrected chi connectivity index (χ2v) is 3.18. The number of rotatable bonds is 2. The Morgan fingerprint density at radius 3 is 2.08 bits per heavy atom. The first-order valence-electron chi connectivity index (χ1n) is 4.25. The summed E-state index contributed by atoms with van der Waals surface area (Å²) in [6.07, 6.45) is 0.200. The van der Waals surface area contributed by atoms with Gasteiger partial charge in [-0.3, -0.25) is 0 Å². The maximum atomic E-state index is 5.30. The van der Waals surface area contributed by atoms with Crippen molar-refractivity contribution in [1.29, 1.82) is 0 Å². The standard InChI is InChI=1S/C11H16O/c1-8-6-5-7-9(2)11(8)10(3)12-4/h5-7,10H,1-4H3/t10-/m1/s1. The molecule has 0 amide bonds. The van der Waals surface area contributed by atoms with E-state index in [2.05, 4.69) is 39.0 Å². The largest absolute Gasteiger partial charge is 0.377 e. The van der Waals surface area contributed by atoms with Crippen LogP contribution in [0.4, 0.5) is 0 Å². The fraction of sp³-hybridized carbons (Fsp3) is 0.455. The second kappa shape index (κ2) is 3.72. The third-order valence-electron chi connectivity index (χ3n) is 2.30. The van der Waals surface area contributed by atoms with E-state index in [9.17, 15) is 0 Å². The molecule has 0 saturated heterocycles. The minimum Gasteiger partial charge on any atom is -0.377 e. The molecule has 0 radical (unpaired) electrons. The van der Waals surface area contributed by atoms with E-state index >= 15 is 0 Å². The van der Waals surface area contributed by atoms with Crippen molar-refractivity contribution in [1.82, 2.24) is 0 Å². The van der Waals surface area contributed by atoms with Gasteiger partial charge in [0.15, 0.2) is 0 Å². The van der Waals surface area contributed by atoms with Gasteiger partial charge < -0.3 is 4.74 Å². The third kappa shape index (κ3) is 1.67. The molecule has 1 heteroatoms. The van der Waals surface area contributed by atoms with Crippen molar-refractivity contribution < 1.29 is 4.74 Å². The zero-order valence-corrected chi connectivity index (χ0v) is 8.22. The summed E-state index contributed by atoms with van der Waals surface area (Å²) in [7, 11) is 1.75. The number of aryl methyl sites for hydroxylation is 2. The molecule has 0 saturated carbocycles. The highest BCUT2D eigenvalue weighted by Gasteiger charge is 2.08. The fourth-order valence-electron chi connectivity index (χ4n) is 1.59. The van der Waals surface area contributed by atoms with Gasteiger partial charge in [-0.2, -0.15) is 0 Å². The van der Waals surface area contributed by atoms with Gasteiger partial charge in [0, 0.05) is 7.11 Å². The quantitative estimate of drug-likeness (QED) is 0.653. The number of ether oxygens (including phenoxy) is 1. The van der Waals surface area contributed by atoms with Crippen LogP contribution in [0.5, 0.6) is 0 Å². The van der Waals surface area contributed by atoms with E-state index in [1.165, 1.54) is 16.7 Å². The summed E-state index contributed by atoms with van der Waals surface area (Å²) in [4.78, 5) is 0. The predicted molar refractivity (Wildman–Crippen MR) is 51.3 cm³/mol. The first-order chi connectivity index (χ1) is 5.66. The number of hydrogen-bond donors (Lipinski definition) is 0. The van der Waals surface area contributed by atoms with E-state index in [-0.39, 0.29) is 6.10 Å². The van der Waals surface area contributed by atoms with Gasteiger partial charge in [0.2, 0.25) is 0 Å². The van der Waals surface area contributed by atoms with Gasteiger partial charge in [0.25, 0.3) is 0 Å². The van der Waals surface area contributed by atoms with Crippen LogP contribution in [-0.2, 0) is 4.74 Å². The van der Waals surface area contributed by atoms with Crippen molar-refractivity contribution in [2.24, 2.45) is 0 Å². The van der Waals surface area contributed by atoms with E-state index in [0.29, 0.717) is 0 Å². The molecule has 12 heavy (non-hydrogen) atoms. The average Bonchev–Trinajstić information content (AvgIpc) is 2.03. The fourth-order valence-corrected chi connectivity index (χ4v) is 1.59. The molecule has 0 N–H and O–H groups in total. The summed E-state index contributed by atoms with van der Waals surface area (Å²) in [5.74, 6) is 0. The van der Waals surface area contributed by atoms with Gasteiger partial charge in [-0.1, -0.05) is 18.2 Å². The molecule has 1 aromatic carbocycles. The minimum atomic E-state index is 0.200. The van der Waals surface area contributed by atoms with Crippen LogP contribution in [0.2, 0.25) is 0 Å². The minimum absolute atomic E-state index is 0.200. The van der Waals surface area contributed by atoms with Crippen LogP contribution >= 0.6 is 0 Å². The molecule has 0 aliphatic carbocycles. The van der Waals surface area contributed by atoms with Gasteiger partial charge in [0.1, 0.15) is 0 Å². The number of hydrogen-bond acceptors (Lipinski definition) is 1. The second-order valence-electron chi connectivity index (χ2n) is 3.18. The molecule has 0 heterocycles. The molecule has 0 aliphatic heterocycles. The van der Waals surface area contributed by atoms with E-state index in [0.717, 1.165) is 0 Å². The van der Waals surface area contributed by atoms with Crippen molar-refractivity contribution in [3.05, 3.63) is 34.9 Å². The summed E-state index contributed by atoms with van der Waals surface area (Å²) >= 11 is 0. The predicted octanol–water partition coefficient (Wildman–Crippen LogP) is 3.01. The van der Waals surface area contributed by atoms with Crippen LogP contribution < -0.4 is 0 Å². The van der Waals surface area contributed by atoms with Crippen molar-refractivity contribution >= 4 is 0 Å². The van der Waals surface area contributed by atoms with Gasteiger partial charge in [-0.15, -0.1) is 0 Å². The highest BCUT2D eigenvalue weighted by atomic mass is 16.5. The Hall–Kier alpha value is -0.820. The van der Waals surface area contributed by atoms with E-state index < -0.39 is 0 Å². The van der Waals surface area contributed by atoms with Crippen LogP contribution in [0, 0.1) is 13.8 Å². The van der Waals surface area contributed by atoms with Crippen molar-refractivity contribution in [3.8, 4) is 0 Å². The van der Waals surface area contributed by atoms with Crippen molar-refractivity contribution in [2.45, 2.75) is 26.9 Å². The molecule has 66 valence electrons. The maximum Gasteiger partial charge on any atom is 0.0798 e. The lowest BCUT2D eigenvalue weighted by Gasteiger charge is -2.15. The number of methoxy groups -OCH3 is 1. The molecule has 0 fully saturated rings. The SMILES string of the molecule is CO[C@H](C)c1c(C)cccc1C. The van der Waals surface area contributed by atoms with Crippen LogP contribution in [0.15, 0.2) is 18.2 Å². The van der Waals surface area contributed by atoms with E-state index in [1.54, 1.807) is 7.11 Å². The van der Waals surface area contributed by atoms with Crippen LogP contribution in [-0.4, -0.2) is 7.11 Å². The molecule has 0 unspecified atom stereocenters. The van der Waals surface area contributed by atoms with Crippen LogP contribution in [0.25, 0.3) is 0 Å². The maximum absolute atomic E-state index is 5.30. The summed E-state index contributed by atoms with van der Waals surface area (Å²) in [5, 5.41) is 0. The highest BCUT2D eigenvalue weighted by Crippen LogP contribution is 2.23. The Kier molecular flexibility index (Phi) is 2.88. The molecule has 1 atom stereocenters. The molecular formula is C11H16O. The summed E-state index contributed by atoms with van der Waals surface area (Å²) in [5.41, 5.74) is 3.94. The highest BCUT2D eigenvalue weighted by molar-refractivity contribution is 5.34. The lowest BCUT2D eigenvalue weighted by atomic mass is 9.99. The smallest absolute Gasteiger partial charge is 0.0798 e. The lowest BCUT2D eigenvalue weighted by molar-refractivity contribution is 0.118. The van der Waals surface area contributed by atoms with E-state index in [4.69, 9.17) is 4.74 Å². The zero-order valence-electron chi connectivity index (χ0n) is 8.22. The van der Waals surface area contributed by atoms with Gasteiger partial charge >= 0.3 is 0 Å². The Morgan fingerprint density at radius 1 is 1.17 bits per heavy atom. The molecular weight excluding hydrogens is 148 g/mol. The zero-order chi connectivity index (χ0) is 9.14. The van der Waals surface area contributed by atoms with E-state index in [1.807, 2.05) is 0 Å². The Balaban J connectivity index is 3.12. The molecule has 0 spiro atoms. The Morgan fingerprint density at radius 2 is 1.67 bits per heavy atom. The first kappa shape index (κ1) is 9.27. The van der Waals surface area contributed by atoms with Gasteiger partial charge in [-0.25, -0.2) is 0 Å². The molecule has 1 nitrogen and oxygen atoms in total. The average molecular weight is 164 g/mol. The monoisotopic (exact) mass is 164 g/mol. The van der Waals surface area contributed by atoms with Crippen LogP contribution in [0.3, 0.4) is 0 Å². The Bertz CT molecular complexity index is 245. The molecule has 1 rings (SSSR count). The van der Waals surface area contributed by atoms with Crippen molar-refractivity contribution in [3.63, 3.8) is 0 Å². The third-order valence-corrected chi connectivity index (χ3v) is 2.30.